The second-order valence-electron chi connectivity index (χ2n) is 7.72. The molecule has 1 amide bonds. The number of carboxylic acids is 1. The molecule has 0 aromatic heterocycles. The fourth-order valence-corrected chi connectivity index (χ4v) is 4.17. The number of anilines is 1. The highest BCUT2D eigenvalue weighted by Gasteiger charge is 2.37. The third kappa shape index (κ3) is 4.14. The molecule has 3 heterocycles. The number of piperidine rings is 3. The zero-order valence-electron chi connectivity index (χ0n) is 16.3. The lowest BCUT2D eigenvalue weighted by molar-refractivity contribution is -0.0311. The molecule has 3 aliphatic heterocycles. The lowest BCUT2D eigenvalue weighted by Gasteiger charge is -2.44. The second kappa shape index (κ2) is 8.39. The van der Waals surface area contributed by atoms with Crippen LogP contribution in [0.5, 0.6) is 0 Å². The van der Waals surface area contributed by atoms with Crippen LogP contribution in [-0.4, -0.2) is 47.8 Å². The van der Waals surface area contributed by atoms with Crippen molar-refractivity contribution in [1.82, 2.24) is 4.90 Å². The van der Waals surface area contributed by atoms with Gasteiger partial charge in [-0.2, -0.15) is 0 Å². The molecule has 1 N–H and O–H groups in total. The number of hydrogen-bond donors (Lipinski definition) is 1. The maximum Gasteiger partial charge on any atom is 0.415 e. The molecule has 5 rings (SSSR count). The molecule has 2 bridgehead atoms. The van der Waals surface area contributed by atoms with Gasteiger partial charge in [0.2, 0.25) is 0 Å². The minimum absolute atomic E-state index is 0.0397. The number of hydrogen-bond acceptors (Lipinski definition) is 4. The summed E-state index contributed by atoms with van der Waals surface area (Å²) in [5, 5.41) is 9.21. The van der Waals surface area contributed by atoms with Crippen LogP contribution < -0.4 is 4.90 Å². The Morgan fingerprint density at radius 1 is 1.13 bits per heavy atom. The van der Waals surface area contributed by atoms with E-state index < -0.39 is 23.7 Å². The molecule has 30 heavy (non-hydrogen) atoms. The number of carboxylic acid groups (broad SMARTS) is 1. The maximum atomic E-state index is 14.5. The first-order valence-corrected chi connectivity index (χ1v) is 9.89. The van der Waals surface area contributed by atoms with Crippen molar-refractivity contribution < 1.29 is 28.2 Å². The number of aromatic carboxylic acids is 1. The van der Waals surface area contributed by atoms with Gasteiger partial charge in [-0.15, -0.1) is 0 Å². The van der Waals surface area contributed by atoms with Crippen LogP contribution in [0.3, 0.4) is 0 Å². The SMILES string of the molecule is O=C(O)c1cccc(CN(C(=O)O[C@H]2CN3CCC2CC3)c2cccc(F)c2F)c1. The largest absolute Gasteiger partial charge is 0.478 e. The summed E-state index contributed by atoms with van der Waals surface area (Å²) in [6, 6.07) is 9.57. The Hall–Kier alpha value is -3.00. The number of carbonyl (C=O) groups is 2. The fraction of sp³-hybridized carbons (Fsp3) is 0.364. The van der Waals surface area contributed by atoms with E-state index >= 15 is 0 Å². The molecule has 0 saturated carbocycles. The van der Waals surface area contributed by atoms with Gasteiger partial charge in [-0.05, 0) is 61.7 Å². The lowest BCUT2D eigenvalue weighted by atomic mass is 9.86. The molecule has 0 spiro atoms. The Labute approximate surface area is 172 Å². The molecule has 0 aliphatic carbocycles. The van der Waals surface area contributed by atoms with Crippen LogP contribution in [-0.2, 0) is 11.3 Å². The van der Waals surface area contributed by atoms with E-state index in [9.17, 15) is 23.5 Å². The third-order valence-electron chi connectivity index (χ3n) is 5.81. The zero-order chi connectivity index (χ0) is 21.3. The van der Waals surface area contributed by atoms with Gasteiger partial charge in [-0.1, -0.05) is 18.2 Å². The van der Waals surface area contributed by atoms with Gasteiger partial charge in [0, 0.05) is 6.54 Å². The van der Waals surface area contributed by atoms with Crippen molar-refractivity contribution in [3.8, 4) is 0 Å². The number of ether oxygens (including phenoxy) is 1. The smallest absolute Gasteiger partial charge is 0.415 e. The molecule has 3 saturated heterocycles. The summed E-state index contributed by atoms with van der Waals surface area (Å²) >= 11 is 0. The summed E-state index contributed by atoms with van der Waals surface area (Å²) in [7, 11) is 0. The van der Waals surface area contributed by atoms with E-state index in [-0.39, 0.29) is 29.8 Å². The van der Waals surface area contributed by atoms with E-state index in [0.29, 0.717) is 12.1 Å². The highest BCUT2D eigenvalue weighted by molar-refractivity contribution is 5.89. The summed E-state index contributed by atoms with van der Waals surface area (Å²) < 4.78 is 34.1. The summed E-state index contributed by atoms with van der Waals surface area (Å²) in [5.41, 5.74) is 0.254. The quantitative estimate of drug-likeness (QED) is 0.801. The number of halogens is 2. The fourth-order valence-electron chi connectivity index (χ4n) is 4.17. The summed E-state index contributed by atoms with van der Waals surface area (Å²) in [5.74, 6) is -3.09. The molecular formula is C22H22F2N2O4. The molecule has 0 radical (unpaired) electrons. The van der Waals surface area contributed by atoms with Crippen molar-refractivity contribution in [2.45, 2.75) is 25.5 Å². The Kier molecular flexibility index (Phi) is 5.67. The van der Waals surface area contributed by atoms with Gasteiger partial charge < -0.3 is 9.84 Å². The van der Waals surface area contributed by atoms with Crippen LogP contribution in [0.15, 0.2) is 42.5 Å². The maximum absolute atomic E-state index is 14.5. The molecule has 1 atom stereocenters. The number of rotatable bonds is 5. The number of benzene rings is 2. The van der Waals surface area contributed by atoms with Crippen LogP contribution in [0.1, 0.15) is 28.8 Å². The topological polar surface area (TPSA) is 70.1 Å². The van der Waals surface area contributed by atoms with E-state index in [1.807, 2.05) is 0 Å². The van der Waals surface area contributed by atoms with E-state index in [1.54, 1.807) is 6.07 Å². The average Bonchev–Trinajstić information content (AvgIpc) is 2.75. The van der Waals surface area contributed by atoms with Gasteiger partial charge in [-0.3, -0.25) is 9.80 Å². The van der Waals surface area contributed by atoms with Gasteiger partial charge in [0.1, 0.15) is 6.10 Å². The molecule has 8 heteroatoms. The molecule has 158 valence electrons. The number of fused-ring (bicyclic) bond motifs is 3. The monoisotopic (exact) mass is 416 g/mol. The Morgan fingerprint density at radius 2 is 1.87 bits per heavy atom. The summed E-state index contributed by atoms with van der Waals surface area (Å²) in [6.45, 7) is 2.43. The van der Waals surface area contributed by atoms with Crippen LogP contribution in [0.2, 0.25) is 0 Å². The number of amides is 1. The van der Waals surface area contributed by atoms with Crippen LogP contribution >= 0.6 is 0 Å². The van der Waals surface area contributed by atoms with Gasteiger partial charge in [0.15, 0.2) is 11.6 Å². The predicted molar refractivity (Wildman–Crippen MR) is 105 cm³/mol. The zero-order valence-corrected chi connectivity index (χ0v) is 16.3. The van der Waals surface area contributed by atoms with Crippen molar-refractivity contribution in [2.75, 3.05) is 24.5 Å². The molecule has 3 fully saturated rings. The van der Waals surface area contributed by atoms with Crippen LogP contribution in [0.25, 0.3) is 0 Å². The first-order chi connectivity index (χ1) is 14.4. The van der Waals surface area contributed by atoms with E-state index in [4.69, 9.17) is 4.74 Å². The van der Waals surface area contributed by atoms with Gasteiger partial charge in [0.05, 0.1) is 17.8 Å². The van der Waals surface area contributed by atoms with Crippen molar-refractivity contribution in [3.05, 3.63) is 65.2 Å². The summed E-state index contributed by atoms with van der Waals surface area (Å²) in [4.78, 5) is 27.6. The van der Waals surface area contributed by atoms with Crippen molar-refractivity contribution >= 4 is 17.7 Å². The van der Waals surface area contributed by atoms with Gasteiger partial charge >= 0.3 is 12.1 Å². The van der Waals surface area contributed by atoms with E-state index in [2.05, 4.69) is 4.90 Å². The number of carbonyl (C=O) groups excluding carboxylic acids is 1. The molecule has 2 aromatic rings. The Balaban J connectivity index is 1.61. The molecule has 3 aliphatic rings. The lowest BCUT2D eigenvalue weighted by Crippen LogP contribution is -2.53. The Bertz CT molecular complexity index is 960. The minimum Gasteiger partial charge on any atom is -0.478 e. The van der Waals surface area contributed by atoms with E-state index in [1.165, 1.54) is 30.3 Å². The van der Waals surface area contributed by atoms with Gasteiger partial charge in [-0.25, -0.2) is 18.4 Å². The Morgan fingerprint density at radius 3 is 2.53 bits per heavy atom. The predicted octanol–water partition coefficient (Wildman–Crippen LogP) is 3.90. The molecule has 2 aromatic carbocycles. The standard InChI is InChI=1S/C22H22F2N2O4/c23-17-5-2-6-18(20(17)24)26(12-14-3-1-4-16(11-14)21(27)28)22(29)30-19-13-25-9-7-15(19)8-10-25/h1-6,11,15,19H,7-10,12-13H2,(H,27,28)/t19-/m0/s1. The van der Waals surface area contributed by atoms with Crippen LogP contribution in [0, 0.1) is 17.6 Å². The van der Waals surface area contributed by atoms with Crippen LogP contribution in [0.4, 0.5) is 19.3 Å². The molecular weight excluding hydrogens is 394 g/mol. The van der Waals surface area contributed by atoms with Crippen molar-refractivity contribution in [1.29, 1.82) is 0 Å². The van der Waals surface area contributed by atoms with Crippen molar-refractivity contribution in [2.24, 2.45) is 5.92 Å². The normalized spacial score (nSPS) is 22.5. The first kappa shape index (κ1) is 20.3. The van der Waals surface area contributed by atoms with E-state index in [0.717, 1.165) is 36.9 Å². The highest BCUT2D eigenvalue weighted by Crippen LogP contribution is 2.31. The molecule has 6 nitrogen and oxygen atoms in total. The first-order valence-electron chi connectivity index (χ1n) is 9.89. The minimum atomic E-state index is -1.15. The summed E-state index contributed by atoms with van der Waals surface area (Å²) in [6.07, 6.45) is 0.795. The van der Waals surface area contributed by atoms with Gasteiger partial charge in [0.25, 0.3) is 0 Å². The highest BCUT2D eigenvalue weighted by atomic mass is 19.2. The second-order valence-corrected chi connectivity index (χ2v) is 7.72. The number of nitrogens with zero attached hydrogens (tertiary/aromatic N) is 2. The molecule has 0 unspecified atom stereocenters. The van der Waals surface area contributed by atoms with Crippen molar-refractivity contribution in [3.63, 3.8) is 0 Å². The third-order valence-corrected chi connectivity index (χ3v) is 5.81. The average molecular weight is 416 g/mol.